The van der Waals surface area contributed by atoms with Gasteiger partial charge in [0.05, 0.1) is 23.0 Å². The van der Waals surface area contributed by atoms with Crippen molar-refractivity contribution in [3.8, 4) is 0 Å². The molecule has 8 nitrogen and oxygen atoms in total. The summed E-state index contributed by atoms with van der Waals surface area (Å²) in [6, 6.07) is 9.78. The number of hydrogen-bond acceptors (Lipinski definition) is 5. The fourth-order valence-electron chi connectivity index (χ4n) is 3.25. The summed E-state index contributed by atoms with van der Waals surface area (Å²) in [6.07, 6.45) is 0.559. The quantitative estimate of drug-likeness (QED) is 0.502. The number of rotatable bonds is 7. The van der Waals surface area contributed by atoms with Crippen LogP contribution in [0, 0.1) is 5.92 Å². The lowest BCUT2D eigenvalue weighted by Crippen LogP contribution is -2.43. The molecule has 1 atom stereocenters. The first-order valence-electron chi connectivity index (χ1n) is 9.99. The molecule has 1 heterocycles. The van der Waals surface area contributed by atoms with Crippen LogP contribution in [0.2, 0.25) is 10.0 Å². The van der Waals surface area contributed by atoms with Crippen LogP contribution in [-0.2, 0) is 25.5 Å². The van der Waals surface area contributed by atoms with Gasteiger partial charge in [0.15, 0.2) is 6.61 Å². The number of hydrogen-bond donors (Lipinski definition) is 2. The first-order chi connectivity index (χ1) is 15.7. The largest absolute Gasteiger partial charge is 0.455 e. The Kier molecular flexibility index (Phi) is 8.34. The molecule has 1 fully saturated rings. The molecule has 3 amide bonds. The van der Waals surface area contributed by atoms with E-state index in [0.29, 0.717) is 17.1 Å². The maximum atomic E-state index is 12.4. The minimum absolute atomic E-state index is 0.0804. The van der Waals surface area contributed by atoms with Crippen LogP contribution in [0.4, 0.5) is 5.69 Å². The van der Waals surface area contributed by atoms with Crippen molar-refractivity contribution < 1.29 is 23.9 Å². The van der Waals surface area contributed by atoms with Crippen LogP contribution in [0.1, 0.15) is 29.3 Å². The minimum Gasteiger partial charge on any atom is -0.455 e. The number of ether oxygens (including phenoxy) is 1. The molecule has 33 heavy (non-hydrogen) atoms. The fraction of sp³-hybridized carbons (Fsp3) is 0.273. The molecule has 0 bridgehead atoms. The number of carbonyl (C=O) groups is 4. The number of anilines is 1. The number of carbonyl (C=O) groups excluding carboxylic acids is 4. The van der Waals surface area contributed by atoms with E-state index in [0.717, 1.165) is 15.0 Å². The number of nitrogens with zero attached hydrogens (tertiary/aromatic N) is 1. The summed E-state index contributed by atoms with van der Waals surface area (Å²) in [5.41, 5.74) is 4.13. The van der Waals surface area contributed by atoms with E-state index in [9.17, 15) is 19.2 Å². The highest BCUT2D eigenvalue weighted by molar-refractivity contribution is 9.10. The zero-order chi connectivity index (χ0) is 24.1. The van der Waals surface area contributed by atoms with Gasteiger partial charge in [-0.25, -0.2) is 0 Å². The average molecular weight is 557 g/mol. The number of amides is 3. The molecule has 2 aromatic rings. The van der Waals surface area contributed by atoms with E-state index in [1.54, 1.807) is 12.1 Å². The third kappa shape index (κ3) is 6.46. The van der Waals surface area contributed by atoms with Crippen LogP contribution in [-0.4, -0.2) is 41.9 Å². The first-order valence-corrected chi connectivity index (χ1v) is 11.5. The van der Waals surface area contributed by atoms with Gasteiger partial charge < -0.3 is 10.1 Å². The first kappa shape index (κ1) is 25.0. The molecular weight excluding hydrogens is 537 g/mol. The number of hydrazine groups is 1. The van der Waals surface area contributed by atoms with E-state index >= 15 is 0 Å². The van der Waals surface area contributed by atoms with Crippen molar-refractivity contribution in [3.05, 3.63) is 62.0 Å². The second-order valence-corrected chi connectivity index (χ2v) is 9.04. The van der Waals surface area contributed by atoms with Crippen molar-refractivity contribution in [2.24, 2.45) is 5.92 Å². The maximum Gasteiger partial charge on any atom is 0.311 e. The van der Waals surface area contributed by atoms with Gasteiger partial charge in [-0.2, -0.15) is 0 Å². The van der Waals surface area contributed by atoms with Crippen molar-refractivity contribution in [1.82, 2.24) is 10.4 Å². The Hall–Kier alpha value is -2.62. The van der Waals surface area contributed by atoms with Gasteiger partial charge in [0.25, 0.3) is 11.8 Å². The van der Waals surface area contributed by atoms with Crippen molar-refractivity contribution in [2.45, 2.75) is 19.8 Å². The van der Waals surface area contributed by atoms with Gasteiger partial charge in [-0.1, -0.05) is 46.1 Å². The van der Waals surface area contributed by atoms with Crippen LogP contribution in [0.3, 0.4) is 0 Å². The summed E-state index contributed by atoms with van der Waals surface area (Å²) >= 11 is 15.2. The van der Waals surface area contributed by atoms with E-state index in [1.807, 2.05) is 13.0 Å². The molecular formula is C22H20BrCl2N3O5. The molecule has 2 aromatic carbocycles. The van der Waals surface area contributed by atoms with Gasteiger partial charge in [-0.3, -0.25) is 29.6 Å². The lowest BCUT2D eigenvalue weighted by molar-refractivity contribution is -0.151. The number of halogens is 3. The van der Waals surface area contributed by atoms with Crippen molar-refractivity contribution in [1.29, 1.82) is 0 Å². The smallest absolute Gasteiger partial charge is 0.311 e. The Balaban J connectivity index is 1.51. The van der Waals surface area contributed by atoms with Gasteiger partial charge in [0.1, 0.15) is 0 Å². The number of aryl methyl sites for hydroxylation is 1. The summed E-state index contributed by atoms with van der Waals surface area (Å²) in [5.74, 6) is -3.08. The SMILES string of the molecule is CCc1cc(Br)ccc1NC(=O)COC(=O)[C@@H]1CC(=O)N(NC(=O)c2ccc(Cl)cc2Cl)C1. The van der Waals surface area contributed by atoms with E-state index in [2.05, 4.69) is 26.7 Å². The third-order valence-corrected chi connectivity index (χ3v) is 5.98. The van der Waals surface area contributed by atoms with E-state index in [1.165, 1.54) is 18.2 Å². The van der Waals surface area contributed by atoms with Crippen molar-refractivity contribution in [2.75, 3.05) is 18.5 Å². The summed E-state index contributed by atoms with van der Waals surface area (Å²) in [7, 11) is 0. The topological polar surface area (TPSA) is 105 Å². The summed E-state index contributed by atoms with van der Waals surface area (Å²) in [4.78, 5) is 49.2. The van der Waals surface area contributed by atoms with E-state index in [4.69, 9.17) is 27.9 Å². The van der Waals surface area contributed by atoms with Crippen LogP contribution in [0.15, 0.2) is 40.9 Å². The number of esters is 1. The Morgan fingerprint density at radius 3 is 2.64 bits per heavy atom. The van der Waals surface area contributed by atoms with Gasteiger partial charge in [-0.05, 0) is 48.4 Å². The molecule has 0 unspecified atom stereocenters. The highest BCUT2D eigenvalue weighted by Crippen LogP contribution is 2.23. The highest BCUT2D eigenvalue weighted by atomic mass is 79.9. The third-order valence-electron chi connectivity index (χ3n) is 4.94. The Labute approximate surface area is 208 Å². The lowest BCUT2D eigenvalue weighted by Gasteiger charge is -2.18. The van der Waals surface area contributed by atoms with Gasteiger partial charge in [0, 0.05) is 21.6 Å². The maximum absolute atomic E-state index is 12.4. The molecule has 1 aliphatic heterocycles. The predicted octanol–water partition coefficient (Wildman–Crippen LogP) is 3.99. The molecule has 2 N–H and O–H groups in total. The fourth-order valence-corrected chi connectivity index (χ4v) is 4.15. The van der Waals surface area contributed by atoms with Gasteiger partial charge in [-0.15, -0.1) is 0 Å². The molecule has 11 heteroatoms. The zero-order valence-corrected chi connectivity index (χ0v) is 20.6. The molecule has 1 aliphatic rings. The minimum atomic E-state index is -0.815. The molecule has 0 aromatic heterocycles. The van der Waals surface area contributed by atoms with Crippen molar-refractivity contribution >= 4 is 68.5 Å². The molecule has 3 rings (SSSR count). The van der Waals surface area contributed by atoms with Crippen molar-refractivity contribution in [3.63, 3.8) is 0 Å². The van der Waals surface area contributed by atoms with E-state index < -0.39 is 36.2 Å². The molecule has 1 saturated heterocycles. The summed E-state index contributed by atoms with van der Waals surface area (Å²) in [5, 5.41) is 4.25. The Morgan fingerprint density at radius 2 is 1.94 bits per heavy atom. The summed E-state index contributed by atoms with van der Waals surface area (Å²) < 4.78 is 5.98. The van der Waals surface area contributed by atoms with Gasteiger partial charge >= 0.3 is 5.97 Å². The monoisotopic (exact) mass is 555 g/mol. The van der Waals surface area contributed by atoms with Crippen LogP contribution < -0.4 is 10.7 Å². The van der Waals surface area contributed by atoms with Gasteiger partial charge in [0.2, 0.25) is 5.91 Å². The highest BCUT2D eigenvalue weighted by Gasteiger charge is 2.37. The lowest BCUT2D eigenvalue weighted by atomic mass is 10.1. The predicted molar refractivity (Wildman–Crippen MR) is 127 cm³/mol. The second-order valence-electron chi connectivity index (χ2n) is 7.28. The standard InChI is InChI=1S/C22H20BrCl2N3O5/c1-2-12-7-14(23)3-6-18(12)26-19(29)11-33-22(32)13-8-20(30)28(10-13)27-21(31)16-5-4-15(24)9-17(16)25/h3-7,9,13H,2,8,10-11H2,1H3,(H,26,29)(H,27,31)/t13-/m1/s1. The molecule has 174 valence electrons. The molecule has 0 saturated carbocycles. The normalized spacial score (nSPS) is 15.3. The average Bonchev–Trinajstić information content (AvgIpc) is 3.13. The molecule has 0 radical (unpaired) electrons. The van der Waals surface area contributed by atoms with E-state index in [-0.39, 0.29) is 23.6 Å². The molecule has 0 aliphatic carbocycles. The Bertz CT molecular complexity index is 1110. The summed E-state index contributed by atoms with van der Waals surface area (Å²) in [6.45, 7) is 1.39. The Morgan fingerprint density at radius 1 is 1.18 bits per heavy atom. The second kappa shape index (κ2) is 11.0. The van der Waals surface area contributed by atoms with Crippen LogP contribution >= 0.6 is 39.1 Å². The number of benzene rings is 2. The van der Waals surface area contributed by atoms with Crippen LogP contribution in [0.5, 0.6) is 0 Å². The van der Waals surface area contributed by atoms with Crippen LogP contribution in [0.25, 0.3) is 0 Å². The zero-order valence-electron chi connectivity index (χ0n) is 17.5. The molecule has 0 spiro atoms. The number of nitrogens with one attached hydrogen (secondary N) is 2.